The van der Waals surface area contributed by atoms with Crippen molar-refractivity contribution >= 4 is 17.5 Å². The van der Waals surface area contributed by atoms with Crippen LogP contribution in [-0.2, 0) is 9.59 Å². The zero-order chi connectivity index (χ0) is 21.5. The van der Waals surface area contributed by atoms with Gasteiger partial charge < -0.3 is 20.4 Å². The standard InChI is InChI=1S/C21H29N5O4/c1-16-7-6-8-17(13-16)22-19(14-26(29)30)23-18-9-2-3-12-25(21(18)28)15-20(27)24-10-4-5-11-24/h6-8,13-14,18,22-23H,2-5,9-12,15H2,1H3. The van der Waals surface area contributed by atoms with E-state index >= 15 is 0 Å². The Labute approximate surface area is 176 Å². The fourth-order valence-corrected chi connectivity index (χ4v) is 3.90. The van der Waals surface area contributed by atoms with Crippen LogP contribution in [-0.4, -0.2) is 58.8 Å². The lowest BCUT2D eigenvalue weighted by Crippen LogP contribution is -2.49. The molecule has 9 nitrogen and oxygen atoms in total. The third-order valence-corrected chi connectivity index (χ3v) is 5.43. The first-order valence-electron chi connectivity index (χ1n) is 10.4. The Hall–Kier alpha value is -3.10. The molecule has 3 rings (SSSR count). The topological polar surface area (TPSA) is 108 Å². The summed E-state index contributed by atoms with van der Waals surface area (Å²) in [6.07, 6.45) is 5.00. The lowest BCUT2D eigenvalue weighted by atomic mass is 10.1. The molecular weight excluding hydrogens is 386 g/mol. The first-order valence-corrected chi connectivity index (χ1v) is 10.4. The van der Waals surface area contributed by atoms with Crippen molar-refractivity contribution in [3.63, 3.8) is 0 Å². The van der Waals surface area contributed by atoms with Gasteiger partial charge in [-0.2, -0.15) is 0 Å². The summed E-state index contributed by atoms with van der Waals surface area (Å²) in [6, 6.07) is 6.83. The minimum absolute atomic E-state index is 0.0274. The van der Waals surface area contributed by atoms with Crippen LogP contribution in [0.25, 0.3) is 0 Å². The van der Waals surface area contributed by atoms with E-state index in [0.717, 1.165) is 50.5 Å². The fourth-order valence-electron chi connectivity index (χ4n) is 3.90. The molecule has 0 radical (unpaired) electrons. The van der Waals surface area contributed by atoms with Crippen molar-refractivity contribution < 1.29 is 14.5 Å². The van der Waals surface area contributed by atoms with E-state index in [1.165, 1.54) is 0 Å². The van der Waals surface area contributed by atoms with Crippen molar-refractivity contribution in [2.45, 2.75) is 45.1 Å². The Morgan fingerprint density at radius 3 is 2.67 bits per heavy atom. The van der Waals surface area contributed by atoms with Crippen molar-refractivity contribution in [1.29, 1.82) is 0 Å². The largest absolute Gasteiger partial charge is 0.355 e. The number of aryl methyl sites for hydroxylation is 1. The van der Waals surface area contributed by atoms with Gasteiger partial charge in [0.2, 0.25) is 11.8 Å². The van der Waals surface area contributed by atoms with Crippen LogP contribution in [0.5, 0.6) is 0 Å². The molecular formula is C21H29N5O4. The lowest BCUT2D eigenvalue weighted by Gasteiger charge is -2.27. The Kier molecular flexibility index (Phi) is 7.26. The van der Waals surface area contributed by atoms with Crippen LogP contribution in [0, 0.1) is 17.0 Å². The third kappa shape index (κ3) is 5.95. The van der Waals surface area contributed by atoms with Gasteiger partial charge in [0.25, 0.3) is 6.20 Å². The van der Waals surface area contributed by atoms with Crippen molar-refractivity contribution in [2.24, 2.45) is 0 Å². The van der Waals surface area contributed by atoms with E-state index in [-0.39, 0.29) is 24.2 Å². The molecule has 162 valence electrons. The SMILES string of the molecule is Cc1cccc(NC(=C[N+](=O)[O-])NC2CCCCN(CC(=O)N3CCCC3)C2=O)c1. The fraction of sp³-hybridized carbons (Fsp3) is 0.524. The predicted octanol–water partition coefficient (Wildman–Crippen LogP) is 2.08. The predicted molar refractivity (Wildman–Crippen MR) is 113 cm³/mol. The van der Waals surface area contributed by atoms with Crippen LogP contribution in [0.4, 0.5) is 5.69 Å². The maximum Gasteiger partial charge on any atom is 0.274 e. The highest BCUT2D eigenvalue weighted by molar-refractivity contribution is 5.88. The summed E-state index contributed by atoms with van der Waals surface area (Å²) in [5, 5.41) is 17.1. The molecule has 2 saturated heterocycles. The van der Waals surface area contributed by atoms with E-state index in [1.54, 1.807) is 15.9 Å². The minimum atomic E-state index is -0.623. The number of hydrogen-bond donors (Lipinski definition) is 2. The van der Waals surface area contributed by atoms with E-state index < -0.39 is 11.0 Å². The van der Waals surface area contributed by atoms with E-state index in [9.17, 15) is 19.7 Å². The molecule has 0 bridgehead atoms. The summed E-state index contributed by atoms with van der Waals surface area (Å²) in [7, 11) is 0. The highest BCUT2D eigenvalue weighted by Crippen LogP contribution is 2.17. The average molecular weight is 415 g/mol. The minimum Gasteiger partial charge on any atom is -0.355 e. The first kappa shape index (κ1) is 21.6. The molecule has 1 atom stereocenters. The van der Waals surface area contributed by atoms with Crippen LogP contribution in [0.15, 0.2) is 36.3 Å². The summed E-state index contributed by atoms with van der Waals surface area (Å²) < 4.78 is 0. The van der Waals surface area contributed by atoms with Gasteiger partial charge in [-0.25, -0.2) is 0 Å². The van der Waals surface area contributed by atoms with Gasteiger partial charge in [0, 0.05) is 25.3 Å². The van der Waals surface area contributed by atoms with Crippen molar-refractivity contribution in [3.05, 3.63) is 52.0 Å². The zero-order valence-corrected chi connectivity index (χ0v) is 17.3. The smallest absolute Gasteiger partial charge is 0.274 e. The van der Waals surface area contributed by atoms with E-state index in [4.69, 9.17) is 0 Å². The Morgan fingerprint density at radius 2 is 1.97 bits per heavy atom. The number of rotatable bonds is 7. The number of nitrogens with zero attached hydrogens (tertiary/aromatic N) is 3. The van der Waals surface area contributed by atoms with E-state index in [1.807, 2.05) is 25.1 Å². The van der Waals surface area contributed by atoms with Gasteiger partial charge in [0.05, 0.1) is 11.5 Å². The van der Waals surface area contributed by atoms with Gasteiger partial charge in [-0.3, -0.25) is 19.7 Å². The highest BCUT2D eigenvalue weighted by atomic mass is 16.6. The summed E-state index contributed by atoms with van der Waals surface area (Å²) >= 11 is 0. The molecule has 1 unspecified atom stereocenters. The lowest BCUT2D eigenvalue weighted by molar-refractivity contribution is -0.403. The quantitative estimate of drug-likeness (QED) is 0.521. The first-order chi connectivity index (χ1) is 14.4. The molecule has 2 aliphatic heterocycles. The normalized spacial score (nSPS) is 20.1. The van der Waals surface area contributed by atoms with Crippen LogP contribution in [0.3, 0.4) is 0 Å². The van der Waals surface area contributed by atoms with Crippen LogP contribution in [0.2, 0.25) is 0 Å². The molecule has 0 aromatic heterocycles. The van der Waals surface area contributed by atoms with Crippen LogP contribution >= 0.6 is 0 Å². The Bertz CT molecular complexity index is 819. The maximum atomic E-state index is 13.1. The van der Waals surface area contributed by atoms with Gasteiger partial charge in [0.15, 0.2) is 5.82 Å². The molecule has 0 aliphatic carbocycles. The number of benzene rings is 1. The number of nitrogens with one attached hydrogen (secondary N) is 2. The number of hydrogen-bond acceptors (Lipinski definition) is 6. The van der Waals surface area contributed by atoms with Gasteiger partial charge in [0.1, 0.15) is 6.04 Å². The van der Waals surface area contributed by atoms with Crippen LogP contribution < -0.4 is 10.6 Å². The molecule has 0 saturated carbocycles. The van der Waals surface area contributed by atoms with Crippen molar-refractivity contribution in [3.8, 4) is 0 Å². The number of likely N-dealkylation sites (tertiary alicyclic amines) is 2. The molecule has 9 heteroatoms. The molecule has 1 aromatic rings. The van der Waals surface area contributed by atoms with Crippen molar-refractivity contribution in [2.75, 3.05) is 31.5 Å². The number of carbonyl (C=O) groups is 2. The summed E-state index contributed by atoms with van der Waals surface area (Å²) in [4.78, 5) is 39.6. The molecule has 1 aromatic carbocycles. The molecule has 2 N–H and O–H groups in total. The summed E-state index contributed by atoms with van der Waals surface area (Å²) in [5.41, 5.74) is 1.70. The van der Waals surface area contributed by atoms with Gasteiger partial charge >= 0.3 is 0 Å². The number of anilines is 1. The summed E-state index contributed by atoms with van der Waals surface area (Å²) in [5.74, 6) is -0.0718. The zero-order valence-electron chi connectivity index (χ0n) is 17.3. The number of amides is 2. The molecule has 2 aliphatic rings. The Balaban J connectivity index is 1.69. The van der Waals surface area contributed by atoms with Gasteiger partial charge in [-0.05, 0) is 56.7 Å². The monoisotopic (exact) mass is 415 g/mol. The molecule has 30 heavy (non-hydrogen) atoms. The van der Waals surface area contributed by atoms with Gasteiger partial charge in [-0.15, -0.1) is 0 Å². The van der Waals surface area contributed by atoms with E-state index in [0.29, 0.717) is 18.7 Å². The molecule has 0 spiro atoms. The maximum absolute atomic E-state index is 13.1. The Morgan fingerprint density at radius 1 is 1.23 bits per heavy atom. The molecule has 2 fully saturated rings. The van der Waals surface area contributed by atoms with Crippen LogP contribution in [0.1, 0.15) is 37.7 Å². The van der Waals surface area contributed by atoms with Crippen molar-refractivity contribution in [1.82, 2.24) is 15.1 Å². The molecule has 2 heterocycles. The second-order valence-corrected chi connectivity index (χ2v) is 7.86. The molecule has 2 amide bonds. The van der Waals surface area contributed by atoms with E-state index in [2.05, 4.69) is 10.6 Å². The van der Waals surface area contributed by atoms with Gasteiger partial charge in [-0.1, -0.05) is 12.1 Å². The number of carbonyl (C=O) groups excluding carboxylic acids is 2. The second kappa shape index (κ2) is 10.1. The summed E-state index contributed by atoms with van der Waals surface area (Å²) in [6.45, 7) is 4.02. The second-order valence-electron chi connectivity index (χ2n) is 7.86. The third-order valence-electron chi connectivity index (χ3n) is 5.43. The number of nitro groups is 1. The highest BCUT2D eigenvalue weighted by Gasteiger charge is 2.30. The average Bonchev–Trinajstić information content (AvgIpc) is 3.17.